The molecule has 1 aliphatic heterocycles. The molecule has 1 aromatic rings. The van der Waals surface area contributed by atoms with Crippen molar-refractivity contribution < 1.29 is 4.79 Å². The third kappa shape index (κ3) is 3.61. The van der Waals surface area contributed by atoms with Crippen molar-refractivity contribution in [3.05, 3.63) is 11.6 Å². The fourth-order valence-electron chi connectivity index (χ4n) is 2.97. The van der Waals surface area contributed by atoms with Crippen molar-refractivity contribution in [3.63, 3.8) is 0 Å². The minimum atomic E-state index is -0.0107. The molecule has 1 amide bonds. The lowest BCUT2D eigenvalue weighted by atomic mass is 10.0. The van der Waals surface area contributed by atoms with E-state index in [2.05, 4.69) is 27.4 Å². The molecule has 0 bridgehead atoms. The molecule has 0 radical (unpaired) electrons. The van der Waals surface area contributed by atoms with Crippen molar-refractivity contribution in [2.24, 2.45) is 0 Å². The number of H-pyrrole nitrogens is 1. The summed E-state index contributed by atoms with van der Waals surface area (Å²) in [7, 11) is 0. The van der Waals surface area contributed by atoms with E-state index in [4.69, 9.17) is 0 Å². The fraction of sp³-hybridized carbons (Fsp3) is 0.800. The van der Waals surface area contributed by atoms with Crippen LogP contribution in [0, 0.1) is 0 Å². The molecular formula is C15H25N5O. The van der Waals surface area contributed by atoms with Gasteiger partial charge in [0.25, 0.3) is 5.91 Å². The highest BCUT2D eigenvalue weighted by atomic mass is 16.2. The fourth-order valence-corrected chi connectivity index (χ4v) is 2.97. The highest BCUT2D eigenvalue weighted by Gasteiger charge is 2.36. The Labute approximate surface area is 125 Å². The number of hydrogen-bond acceptors (Lipinski definition) is 4. The number of aromatic amines is 1. The van der Waals surface area contributed by atoms with E-state index >= 15 is 0 Å². The van der Waals surface area contributed by atoms with Gasteiger partial charge in [0.1, 0.15) is 5.82 Å². The molecule has 2 heterocycles. The van der Waals surface area contributed by atoms with Crippen molar-refractivity contribution in [2.45, 2.75) is 64.0 Å². The average Bonchev–Trinajstić information content (AvgIpc) is 3.25. The summed E-state index contributed by atoms with van der Waals surface area (Å²) in [5.41, 5.74) is 0. The Hall–Kier alpha value is -1.43. The SMILES string of the molecule is CCCc1nc(C(=O)N(CC2CCCCN2)C2CC2)n[nH]1. The molecular weight excluding hydrogens is 266 g/mol. The van der Waals surface area contributed by atoms with E-state index in [1.54, 1.807) is 0 Å². The maximum absolute atomic E-state index is 12.7. The van der Waals surface area contributed by atoms with Crippen molar-refractivity contribution in [1.82, 2.24) is 25.4 Å². The number of amides is 1. The van der Waals surface area contributed by atoms with Gasteiger partial charge in [-0.2, -0.15) is 0 Å². The second-order valence-corrected chi connectivity index (χ2v) is 6.19. The van der Waals surface area contributed by atoms with Crippen LogP contribution in [0.1, 0.15) is 61.9 Å². The molecule has 21 heavy (non-hydrogen) atoms. The van der Waals surface area contributed by atoms with Crippen LogP contribution in [-0.4, -0.2) is 51.2 Å². The topological polar surface area (TPSA) is 73.9 Å². The number of piperidine rings is 1. The first-order valence-electron chi connectivity index (χ1n) is 8.23. The summed E-state index contributed by atoms with van der Waals surface area (Å²) in [6, 6.07) is 0.826. The molecule has 6 nitrogen and oxygen atoms in total. The van der Waals surface area contributed by atoms with Crippen LogP contribution in [0.25, 0.3) is 0 Å². The van der Waals surface area contributed by atoms with Gasteiger partial charge >= 0.3 is 0 Å². The summed E-state index contributed by atoms with van der Waals surface area (Å²) in [5, 5.41) is 10.5. The van der Waals surface area contributed by atoms with Crippen molar-refractivity contribution in [1.29, 1.82) is 0 Å². The molecule has 1 atom stereocenters. The standard InChI is InChI=1S/C15H25N5O/c1-2-5-13-17-14(19-18-13)15(21)20(12-7-8-12)10-11-6-3-4-9-16-11/h11-12,16H,2-10H2,1H3,(H,17,18,19). The number of hydrogen-bond donors (Lipinski definition) is 2. The molecule has 116 valence electrons. The Morgan fingerprint density at radius 3 is 2.86 bits per heavy atom. The van der Waals surface area contributed by atoms with E-state index in [0.29, 0.717) is 17.9 Å². The van der Waals surface area contributed by atoms with Crippen molar-refractivity contribution >= 4 is 5.91 Å². The molecule has 1 saturated heterocycles. The van der Waals surface area contributed by atoms with Gasteiger partial charge in [0, 0.05) is 25.0 Å². The van der Waals surface area contributed by atoms with Crippen LogP contribution in [0.15, 0.2) is 0 Å². The third-order valence-electron chi connectivity index (χ3n) is 4.29. The Bertz CT molecular complexity index is 476. The van der Waals surface area contributed by atoms with E-state index in [9.17, 15) is 4.79 Å². The number of nitrogens with zero attached hydrogens (tertiary/aromatic N) is 3. The van der Waals surface area contributed by atoms with Gasteiger partial charge in [-0.3, -0.25) is 9.89 Å². The molecule has 0 aromatic carbocycles. The van der Waals surface area contributed by atoms with E-state index in [1.165, 1.54) is 12.8 Å². The zero-order valence-corrected chi connectivity index (χ0v) is 12.8. The van der Waals surface area contributed by atoms with Crippen molar-refractivity contribution in [2.75, 3.05) is 13.1 Å². The monoisotopic (exact) mass is 291 g/mol. The molecule has 6 heteroatoms. The van der Waals surface area contributed by atoms with Crippen LogP contribution in [-0.2, 0) is 6.42 Å². The molecule has 2 fully saturated rings. The van der Waals surface area contributed by atoms with E-state index in [0.717, 1.165) is 51.0 Å². The highest BCUT2D eigenvalue weighted by molar-refractivity contribution is 5.90. The van der Waals surface area contributed by atoms with Crippen LogP contribution in [0.2, 0.25) is 0 Å². The Kier molecular flexibility index (Phi) is 4.53. The number of carbonyl (C=O) groups excluding carboxylic acids is 1. The van der Waals surface area contributed by atoms with E-state index in [-0.39, 0.29) is 5.91 Å². The summed E-state index contributed by atoms with van der Waals surface area (Å²) in [6.07, 6.45) is 7.73. The predicted octanol–water partition coefficient (Wildman–Crippen LogP) is 1.50. The zero-order chi connectivity index (χ0) is 14.7. The zero-order valence-electron chi connectivity index (χ0n) is 12.8. The lowest BCUT2D eigenvalue weighted by Gasteiger charge is -2.30. The second kappa shape index (κ2) is 6.56. The molecule has 1 aliphatic carbocycles. The Morgan fingerprint density at radius 2 is 2.19 bits per heavy atom. The van der Waals surface area contributed by atoms with Gasteiger partial charge in [0.15, 0.2) is 0 Å². The number of aryl methyl sites for hydroxylation is 1. The normalized spacial score (nSPS) is 22.2. The molecule has 1 aromatic heterocycles. The molecule has 2 N–H and O–H groups in total. The van der Waals surface area contributed by atoms with E-state index in [1.807, 2.05) is 4.90 Å². The molecule has 0 spiro atoms. The predicted molar refractivity (Wildman–Crippen MR) is 80.1 cm³/mol. The van der Waals surface area contributed by atoms with Gasteiger partial charge in [-0.25, -0.2) is 4.98 Å². The minimum absolute atomic E-state index is 0.0107. The third-order valence-corrected chi connectivity index (χ3v) is 4.29. The van der Waals surface area contributed by atoms with Crippen LogP contribution < -0.4 is 5.32 Å². The van der Waals surface area contributed by atoms with Crippen LogP contribution in [0.3, 0.4) is 0 Å². The van der Waals surface area contributed by atoms with Gasteiger partial charge in [-0.15, -0.1) is 5.10 Å². The molecule has 1 unspecified atom stereocenters. The first-order chi connectivity index (χ1) is 10.3. The lowest BCUT2D eigenvalue weighted by molar-refractivity contribution is 0.0706. The molecule has 2 aliphatic rings. The largest absolute Gasteiger partial charge is 0.331 e. The second-order valence-electron chi connectivity index (χ2n) is 6.19. The summed E-state index contributed by atoms with van der Waals surface area (Å²) < 4.78 is 0. The molecule has 1 saturated carbocycles. The summed E-state index contributed by atoms with van der Waals surface area (Å²) >= 11 is 0. The summed E-state index contributed by atoms with van der Waals surface area (Å²) in [4.78, 5) is 19.0. The van der Waals surface area contributed by atoms with E-state index < -0.39 is 0 Å². The lowest BCUT2D eigenvalue weighted by Crippen LogP contribution is -2.46. The van der Waals surface area contributed by atoms with Crippen LogP contribution in [0.5, 0.6) is 0 Å². The first kappa shape index (κ1) is 14.5. The molecule has 3 rings (SSSR count). The van der Waals surface area contributed by atoms with Crippen LogP contribution in [0.4, 0.5) is 0 Å². The number of nitrogens with one attached hydrogen (secondary N) is 2. The van der Waals surface area contributed by atoms with Crippen LogP contribution >= 0.6 is 0 Å². The number of aromatic nitrogens is 3. The van der Waals surface area contributed by atoms with Gasteiger partial charge < -0.3 is 10.2 Å². The quantitative estimate of drug-likeness (QED) is 0.833. The van der Waals surface area contributed by atoms with Gasteiger partial charge in [-0.1, -0.05) is 13.3 Å². The summed E-state index contributed by atoms with van der Waals surface area (Å²) in [5.74, 6) is 1.14. The smallest absolute Gasteiger partial charge is 0.293 e. The average molecular weight is 291 g/mol. The Morgan fingerprint density at radius 1 is 1.33 bits per heavy atom. The highest BCUT2D eigenvalue weighted by Crippen LogP contribution is 2.28. The first-order valence-corrected chi connectivity index (χ1v) is 8.23. The number of rotatable bonds is 6. The maximum Gasteiger partial charge on any atom is 0.293 e. The summed E-state index contributed by atoms with van der Waals surface area (Å²) in [6.45, 7) is 3.95. The van der Waals surface area contributed by atoms with Gasteiger partial charge in [0.05, 0.1) is 0 Å². The number of carbonyl (C=O) groups is 1. The Balaban J connectivity index is 1.65. The van der Waals surface area contributed by atoms with Gasteiger partial charge in [-0.05, 0) is 38.6 Å². The minimum Gasteiger partial charge on any atom is -0.331 e. The van der Waals surface area contributed by atoms with Gasteiger partial charge in [0.2, 0.25) is 5.82 Å². The maximum atomic E-state index is 12.7. The van der Waals surface area contributed by atoms with Crippen molar-refractivity contribution in [3.8, 4) is 0 Å².